The van der Waals surface area contributed by atoms with E-state index in [9.17, 15) is 9.59 Å². The SMILES string of the molecule is CN(C)C(=O)c1ccc(Cl)c(NC(=O)[C@@H](N)C(C)(C)C)c1. The van der Waals surface area contributed by atoms with Gasteiger partial charge in [-0.15, -0.1) is 0 Å². The largest absolute Gasteiger partial charge is 0.345 e. The van der Waals surface area contributed by atoms with Crippen molar-refractivity contribution in [2.75, 3.05) is 19.4 Å². The van der Waals surface area contributed by atoms with E-state index in [-0.39, 0.29) is 17.2 Å². The van der Waals surface area contributed by atoms with Gasteiger partial charge in [0.25, 0.3) is 5.91 Å². The highest BCUT2D eigenvalue weighted by atomic mass is 35.5. The standard InChI is InChI=1S/C15H22ClN3O2/c1-15(2,3)12(17)13(20)18-11-8-9(6-7-10(11)16)14(21)19(4)5/h6-8,12H,17H2,1-5H3,(H,18,20)/t12-/m1/s1. The van der Waals surface area contributed by atoms with Crippen LogP contribution in [0.1, 0.15) is 31.1 Å². The van der Waals surface area contributed by atoms with Crippen LogP contribution in [0.15, 0.2) is 18.2 Å². The first kappa shape index (κ1) is 17.5. The summed E-state index contributed by atoms with van der Waals surface area (Å²) in [6, 6.07) is 4.07. The zero-order chi connectivity index (χ0) is 16.4. The van der Waals surface area contributed by atoms with Crippen LogP contribution >= 0.6 is 11.6 Å². The van der Waals surface area contributed by atoms with Crippen molar-refractivity contribution in [1.29, 1.82) is 0 Å². The van der Waals surface area contributed by atoms with Crippen molar-refractivity contribution in [3.8, 4) is 0 Å². The van der Waals surface area contributed by atoms with Gasteiger partial charge in [-0.05, 0) is 23.6 Å². The number of hydrogen-bond donors (Lipinski definition) is 2. The van der Waals surface area contributed by atoms with Crippen LogP contribution in [0, 0.1) is 5.41 Å². The van der Waals surface area contributed by atoms with E-state index in [1.807, 2.05) is 20.8 Å². The summed E-state index contributed by atoms with van der Waals surface area (Å²) in [5, 5.41) is 3.04. The molecule has 2 amide bonds. The summed E-state index contributed by atoms with van der Waals surface area (Å²) in [6.07, 6.45) is 0. The Labute approximate surface area is 130 Å². The van der Waals surface area contributed by atoms with Crippen LogP contribution in [0.3, 0.4) is 0 Å². The molecule has 0 saturated heterocycles. The number of anilines is 1. The maximum Gasteiger partial charge on any atom is 0.253 e. The second-order valence-corrected chi connectivity index (χ2v) is 6.63. The van der Waals surface area contributed by atoms with Gasteiger partial charge in [-0.3, -0.25) is 9.59 Å². The number of nitrogens with one attached hydrogen (secondary N) is 1. The van der Waals surface area contributed by atoms with Crippen molar-refractivity contribution in [2.45, 2.75) is 26.8 Å². The number of nitrogens with two attached hydrogens (primary N) is 1. The number of hydrogen-bond acceptors (Lipinski definition) is 3. The number of benzene rings is 1. The molecule has 3 N–H and O–H groups in total. The van der Waals surface area contributed by atoms with Gasteiger partial charge in [-0.1, -0.05) is 32.4 Å². The Hall–Kier alpha value is -1.59. The van der Waals surface area contributed by atoms with Crippen molar-refractivity contribution in [3.63, 3.8) is 0 Å². The van der Waals surface area contributed by atoms with Gasteiger partial charge in [-0.25, -0.2) is 0 Å². The molecule has 0 fully saturated rings. The molecule has 0 aliphatic rings. The molecule has 0 heterocycles. The van der Waals surface area contributed by atoms with Gasteiger partial charge in [0.1, 0.15) is 0 Å². The molecule has 5 nitrogen and oxygen atoms in total. The predicted octanol–water partition coefficient (Wildman–Crippen LogP) is 2.35. The van der Waals surface area contributed by atoms with Crippen molar-refractivity contribution >= 4 is 29.1 Å². The minimum absolute atomic E-state index is 0.165. The number of nitrogens with zero attached hydrogens (tertiary/aromatic N) is 1. The summed E-state index contributed by atoms with van der Waals surface area (Å²) in [5.41, 5.74) is 6.37. The van der Waals surface area contributed by atoms with E-state index in [2.05, 4.69) is 5.32 Å². The van der Waals surface area contributed by atoms with Crippen LogP contribution in [0.4, 0.5) is 5.69 Å². The van der Waals surface area contributed by atoms with Gasteiger partial charge in [0.15, 0.2) is 0 Å². The number of carbonyl (C=O) groups excluding carboxylic acids is 2. The van der Waals surface area contributed by atoms with Crippen LogP contribution in [-0.4, -0.2) is 36.9 Å². The summed E-state index contributed by atoms with van der Waals surface area (Å²) < 4.78 is 0. The Bertz CT molecular complexity index is 550. The lowest BCUT2D eigenvalue weighted by atomic mass is 9.87. The van der Waals surface area contributed by atoms with E-state index in [0.29, 0.717) is 16.3 Å². The molecule has 0 aliphatic heterocycles. The van der Waals surface area contributed by atoms with Crippen molar-refractivity contribution in [2.24, 2.45) is 11.1 Å². The smallest absolute Gasteiger partial charge is 0.253 e. The lowest BCUT2D eigenvalue weighted by molar-refractivity contribution is -0.119. The fraction of sp³-hybridized carbons (Fsp3) is 0.467. The Morgan fingerprint density at radius 3 is 2.33 bits per heavy atom. The lowest BCUT2D eigenvalue weighted by Gasteiger charge is -2.26. The van der Waals surface area contributed by atoms with Crippen LogP contribution < -0.4 is 11.1 Å². The molecular formula is C15H22ClN3O2. The van der Waals surface area contributed by atoms with Gasteiger partial charge >= 0.3 is 0 Å². The third-order valence-corrected chi connectivity index (χ3v) is 3.42. The average Bonchev–Trinajstić information content (AvgIpc) is 2.38. The normalized spacial score (nSPS) is 12.7. The summed E-state index contributed by atoms with van der Waals surface area (Å²) in [5.74, 6) is -0.499. The first-order chi connectivity index (χ1) is 9.54. The monoisotopic (exact) mass is 311 g/mol. The van der Waals surface area contributed by atoms with Gasteiger partial charge in [0.2, 0.25) is 5.91 Å². The third-order valence-electron chi connectivity index (χ3n) is 3.09. The molecule has 0 bridgehead atoms. The summed E-state index contributed by atoms with van der Waals surface area (Å²) in [7, 11) is 3.31. The lowest BCUT2D eigenvalue weighted by Crippen LogP contribution is -2.45. The molecular weight excluding hydrogens is 290 g/mol. The summed E-state index contributed by atoms with van der Waals surface area (Å²) >= 11 is 6.06. The van der Waals surface area contributed by atoms with Crippen LogP contribution in [0.2, 0.25) is 5.02 Å². The molecule has 0 saturated carbocycles. The Kier molecular flexibility index (Phi) is 5.36. The molecule has 0 aromatic heterocycles. The highest BCUT2D eigenvalue weighted by Gasteiger charge is 2.28. The van der Waals surface area contributed by atoms with Gasteiger partial charge in [-0.2, -0.15) is 0 Å². The van der Waals surface area contributed by atoms with E-state index in [0.717, 1.165) is 0 Å². The zero-order valence-corrected chi connectivity index (χ0v) is 13.8. The first-order valence-corrected chi connectivity index (χ1v) is 6.99. The third kappa shape index (κ3) is 4.44. The second kappa shape index (κ2) is 6.45. The molecule has 1 rings (SSSR count). The molecule has 116 valence electrons. The number of halogens is 1. The van der Waals surface area contributed by atoms with E-state index < -0.39 is 6.04 Å². The molecule has 0 radical (unpaired) electrons. The van der Waals surface area contributed by atoms with Crippen LogP contribution in [-0.2, 0) is 4.79 Å². The van der Waals surface area contributed by atoms with Gasteiger partial charge in [0, 0.05) is 19.7 Å². The Morgan fingerprint density at radius 2 is 1.86 bits per heavy atom. The predicted molar refractivity (Wildman–Crippen MR) is 85.5 cm³/mol. The molecule has 1 aromatic rings. The molecule has 0 spiro atoms. The van der Waals surface area contributed by atoms with Gasteiger partial charge < -0.3 is 16.0 Å². The van der Waals surface area contributed by atoms with Crippen molar-refractivity contribution in [3.05, 3.63) is 28.8 Å². The Balaban J connectivity index is 3.01. The fourth-order valence-corrected chi connectivity index (χ4v) is 1.78. The maximum atomic E-state index is 12.1. The number of carbonyl (C=O) groups is 2. The molecule has 6 heteroatoms. The van der Waals surface area contributed by atoms with Gasteiger partial charge in [0.05, 0.1) is 16.8 Å². The van der Waals surface area contributed by atoms with Crippen LogP contribution in [0.25, 0.3) is 0 Å². The molecule has 0 unspecified atom stereocenters. The first-order valence-electron chi connectivity index (χ1n) is 6.61. The van der Waals surface area contributed by atoms with Crippen molar-refractivity contribution in [1.82, 2.24) is 4.90 Å². The summed E-state index contributed by atoms with van der Waals surface area (Å²) in [4.78, 5) is 25.5. The quantitative estimate of drug-likeness (QED) is 0.899. The van der Waals surface area contributed by atoms with E-state index in [4.69, 9.17) is 17.3 Å². The Morgan fingerprint density at radius 1 is 1.29 bits per heavy atom. The molecule has 1 atom stereocenters. The second-order valence-electron chi connectivity index (χ2n) is 6.23. The summed E-state index contributed by atoms with van der Waals surface area (Å²) in [6.45, 7) is 5.64. The fourth-order valence-electron chi connectivity index (χ4n) is 1.62. The molecule has 1 aromatic carbocycles. The van der Waals surface area contributed by atoms with E-state index in [1.54, 1.807) is 32.3 Å². The number of amides is 2. The van der Waals surface area contributed by atoms with Crippen LogP contribution in [0.5, 0.6) is 0 Å². The highest BCUT2D eigenvalue weighted by Crippen LogP contribution is 2.25. The highest BCUT2D eigenvalue weighted by molar-refractivity contribution is 6.34. The average molecular weight is 312 g/mol. The zero-order valence-electron chi connectivity index (χ0n) is 13.0. The topological polar surface area (TPSA) is 75.4 Å². The van der Waals surface area contributed by atoms with E-state index >= 15 is 0 Å². The van der Waals surface area contributed by atoms with Crippen molar-refractivity contribution < 1.29 is 9.59 Å². The molecule has 0 aliphatic carbocycles. The number of rotatable bonds is 3. The van der Waals surface area contributed by atoms with E-state index in [1.165, 1.54) is 4.90 Å². The minimum Gasteiger partial charge on any atom is -0.345 e. The maximum absolute atomic E-state index is 12.1. The molecule has 21 heavy (non-hydrogen) atoms. The minimum atomic E-state index is -0.679.